The number of anilines is 1. The molecule has 1 fully saturated rings. The van der Waals surface area contributed by atoms with Crippen LogP contribution in [-0.4, -0.2) is 9.97 Å². The normalized spacial score (nSPS) is 25.2. The van der Waals surface area contributed by atoms with E-state index in [0.717, 1.165) is 23.1 Å². The Hall–Kier alpha value is -1.12. The Morgan fingerprint density at radius 1 is 1.35 bits per heavy atom. The number of rotatable bonds is 2. The monoisotopic (exact) mass is 233 g/mol. The van der Waals surface area contributed by atoms with Crippen LogP contribution in [0.4, 0.5) is 5.69 Å². The van der Waals surface area contributed by atoms with Crippen LogP contribution in [0.15, 0.2) is 6.20 Å². The zero-order valence-electron chi connectivity index (χ0n) is 11.1. The van der Waals surface area contributed by atoms with Gasteiger partial charge in [-0.25, -0.2) is 9.97 Å². The van der Waals surface area contributed by atoms with Gasteiger partial charge < -0.3 is 5.73 Å². The van der Waals surface area contributed by atoms with Crippen molar-refractivity contribution in [2.75, 3.05) is 5.73 Å². The van der Waals surface area contributed by atoms with Gasteiger partial charge >= 0.3 is 0 Å². The van der Waals surface area contributed by atoms with Crippen molar-refractivity contribution in [1.29, 1.82) is 0 Å². The van der Waals surface area contributed by atoms with E-state index in [-0.39, 0.29) is 0 Å². The average Bonchev–Trinajstić information content (AvgIpc) is 2.29. The average molecular weight is 233 g/mol. The zero-order chi connectivity index (χ0) is 12.4. The van der Waals surface area contributed by atoms with Crippen molar-refractivity contribution < 1.29 is 0 Å². The van der Waals surface area contributed by atoms with Gasteiger partial charge in [0.15, 0.2) is 0 Å². The van der Waals surface area contributed by atoms with Gasteiger partial charge in [0.05, 0.1) is 17.6 Å². The van der Waals surface area contributed by atoms with Crippen LogP contribution in [0, 0.1) is 5.92 Å². The third kappa shape index (κ3) is 2.76. The van der Waals surface area contributed by atoms with Crippen LogP contribution in [-0.2, 0) is 0 Å². The number of hydrogen-bond acceptors (Lipinski definition) is 3. The highest BCUT2D eigenvalue weighted by atomic mass is 14.9. The minimum Gasteiger partial charge on any atom is -0.396 e. The summed E-state index contributed by atoms with van der Waals surface area (Å²) in [5.41, 5.74) is 7.66. The van der Waals surface area contributed by atoms with Crippen LogP contribution in [0.5, 0.6) is 0 Å². The van der Waals surface area contributed by atoms with Gasteiger partial charge in [-0.1, -0.05) is 33.6 Å². The van der Waals surface area contributed by atoms with Crippen molar-refractivity contribution in [3.05, 3.63) is 17.7 Å². The molecule has 1 aromatic rings. The summed E-state index contributed by atoms with van der Waals surface area (Å²) in [5, 5.41) is 0. The Morgan fingerprint density at radius 2 is 2.12 bits per heavy atom. The van der Waals surface area contributed by atoms with Gasteiger partial charge in [0.2, 0.25) is 0 Å². The first-order chi connectivity index (χ1) is 8.08. The minimum atomic E-state index is 0.373. The fourth-order valence-electron chi connectivity index (χ4n) is 2.75. The molecule has 0 saturated heterocycles. The van der Waals surface area contributed by atoms with E-state index in [9.17, 15) is 0 Å². The first-order valence-corrected chi connectivity index (χ1v) is 6.70. The molecule has 0 aliphatic heterocycles. The van der Waals surface area contributed by atoms with Gasteiger partial charge in [0.25, 0.3) is 0 Å². The second kappa shape index (κ2) is 5.03. The summed E-state index contributed by atoms with van der Waals surface area (Å²) in [7, 11) is 0. The number of nitrogens with two attached hydrogens (primary N) is 1. The first-order valence-electron chi connectivity index (χ1n) is 6.70. The molecule has 94 valence electrons. The van der Waals surface area contributed by atoms with Gasteiger partial charge in [-0.2, -0.15) is 0 Å². The van der Waals surface area contributed by atoms with E-state index >= 15 is 0 Å². The van der Waals surface area contributed by atoms with Crippen LogP contribution in [0.1, 0.15) is 69.8 Å². The molecular formula is C14H23N3. The summed E-state index contributed by atoms with van der Waals surface area (Å²) < 4.78 is 0. The molecule has 0 radical (unpaired) electrons. The Labute approximate surface area is 104 Å². The highest BCUT2D eigenvalue weighted by Gasteiger charge is 2.23. The molecular weight excluding hydrogens is 210 g/mol. The number of nitrogens with zero attached hydrogens (tertiary/aromatic N) is 2. The van der Waals surface area contributed by atoms with E-state index < -0.39 is 0 Å². The van der Waals surface area contributed by atoms with E-state index in [4.69, 9.17) is 10.7 Å². The quantitative estimate of drug-likeness (QED) is 0.850. The predicted octanol–water partition coefficient (Wildman–Crippen LogP) is 3.48. The largest absolute Gasteiger partial charge is 0.396 e. The summed E-state index contributed by atoms with van der Waals surface area (Å²) >= 11 is 0. The summed E-state index contributed by atoms with van der Waals surface area (Å²) in [6.07, 6.45) is 6.89. The molecule has 0 spiro atoms. The summed E-state index contributed by atoms with van der Waals surface area (Å²) in [6, 6.07) is 0. The van der Waals surface area contributed by atoms with Crippen molar-refractivity contribution in [3.63, 3.8) is 0 Å². The lowest BCUT2D eigenvalue weighted by molar-refractivity contribution is 0.334. The Morgan fingerprint density at radius 3 is 2.76 bits per heavy atom. The molecule has 2 rings (SSSR count). The summed E-state index contributed by atoms with van der Waals surface area (Å²) in [6.45, 7) is 6.59. The molecule has 17 heavy (non-hydrogen) atoms. The summed E-state index contributed by atoms with van der Waals surface area (Å²) in [5.74, 6) is 2.72. The fourth-order valence-corrected chi connectivity index (χ4v) is 2.75. The lowest BCUT2D eigenvalue weighted by Gasteiger charge is -2.26. The Balaban J connectivity index is 2.23. The third-order valence-electron chi connectivity index (χ3n) is 3.72. The standard InChI is InChI=1S/C14H23N3/c1-9(2)13-12(15)8-16-14(17-13)11-6-4-5-10(3)7-11/h8-11H,4-7,15H2,1-3H3. The highest BCUT2D eigenvalue weighted by molar-refractivity contribution is 5.42. The number of nitrogen functional groups attached to an aromatic ring is 1. The topological polar surface area (TPSA) is 51.8 Å². The lowest BCUT2D eigenvalue weighted by Crippen LogP contribution is -2.16. The van der Waals surface area contributed by atoms with Gasteiger partial charge in [0.1, 0.15) is 5.82 Å². The second-order valence-electron chi connectivity index (χ2n) is 5.69. The molecule has 0 amide bonds. The summed E-state index contributed by atoms with van der Waals surface area (Å²) in [4.78, 5) is 9.14. The van der Waals surface area contributed by atoms with Crippen LogP contribution in [0.25, 0.3) is 0 Å². The van der Waals surface area contributed by atoms with Gasteiger partial charge in [-0.3, -0.25) is 0 Å². The van der Waals surface area contributed by atoms with Crippen molar-refractivity contribution in [3.8, 4) is 0 Å². The minimum absolute atomic E-state index is 0.373. The van der Waals surface area contributed by atoms with E-state index in [2.05, 4.69) is 25.8 Å². The molecule has 0 bridgehead atoms. The lowest BCUT2D eigenvalue weighted by atomic mass is 9.82. The molecule has 0 aromatic carbocycles. The second-order valence-corrected chi connectivity index (χ2v) is 5.69. The van der Waals surface area contributed by atoms with Crippen molar-refractivity contribution in [1.82, 2.24) is 9.97 Å². The van der Waals surface area contributed by atoms with Crippen LogP contribution < -0.4 is 5.73 Å². The zero-order valence-corrected chi connectivity index (χ0v) is 11.1. The molecule has 3 heteroatoms. The van der Waals surface area contributed by atoms with Gasteiger partial charge in [0, 0.05) is 5.92 Å². The van der Waals surface area contributed by atoms with E-state index in [1.165, 1.54) is 25.7 Å². The maximum atomic E-state index is 5.92. The van der Waals surface area contributed by atoms with Crippen LogP contribution >= 0.6 is 0 Å². The van der Waals surface area contributed by atoms with E-state index in [0.29, 0.717) is 11.8 Å². The first kappa shape index (κ1) is 12.3. The molecule has 1 aromatic heterocycles. The smallest absolute Gasteiger partial charge is 0.131 e. The maximum absolute atomic E-state index is 5.92. The predicted molar refractivity (Wildman–Crippen MR) is 70.9 cm³/mol. The molecule has 3 nitrogen and oxygen atoms in total. The Kier molecular flexibility index (Phi) is 3.65. The van der Waals surface area contributed by atoms with Crippen LogP contribution in [0.2, 0.25) is 0 Å². The molecule has 1 aliphatic carbocycles. The SMILES string of the molecule is CC1CCCC(c2ncc(N)c(C(C)C)n2)C1. The third-order valence-corrected chi connectivity index (χ3v) is 3.72. The van der Waals surface area contributed by atoms with E-state index in [1.54, 1.807) is 6.20 Å². The Bertz CT molecular complexity index is 387. The van der Waals surface area contributed by atoms with Gasteiger partial charge in [-0.05, 0) is 24.7 Å². The van der Waals surface area contributed by atoms with Crippen molar-refractivity contribution in [2.45, 2.75) is 58.3 Å². The molecule has 1 aliphatic rings. The van der Waals surface area contributed by atoms with Crippen molar-refractivity contribution >= 4 is 5.69 Å². The highest BCUT2D eigenvalue weighted by Crippen LogP contribution is 2.35. The van der Waals surface area contributed by atoms with E-state index in [1.807, 2.05) is 0 Å². The number of hydrogen-bond donors (Lipinski definition) is 1. The fraction of sp³-hybridized carbons (Fsp3) is 0.714. The van der Waals surface area contributed by atoms with Crippen LogP contribution in [0.3, 0.4) is 0 Å². The number of aromatic nitrogens is 2. The molecule has 2 N–H and O–H groups in total. The molecule has 2 unspecified atom stereocenters. The maximum Gasteiger partial charge on any atom is 0.131 e. The van der Waals surface area contributed by atoms with Crippen molar-refractivity contribution in [2.24, 2.45) is 5.92 Å². The molecule has 1 heterocycles. The molecule has 1 saturated carbocycles. The molecule has 2 atom stereocenters. The van der Waals surface area contributed by atoms with Gasteiger partial charge in [-0.15, -0.1) is 0 Å².